The molecular weight excluding hydrogens is 627 g/mol. The maximum atomic E-state index is 3.48. The van der Waals surface area contributed by atoms with E-state index in [1.54, 1.807) is 5.57 Å². The molecule has 0 heterocycles. The average Bonchev–Trinajstić information content (AvgIpc) is 3.65. The van der Waals surface area contributed by atoms with Gasteiger partial charge >= 0.3 is 0 Å². The Labute approximate surface area is 308 Å². The van der Waals surface area contributed by atoms with Crippen LogP contribution < -0.4 is 4.90 Å². The van der Waals surface area contributed by atoms with Crippen molar-refractivity contribution in [2.75, 3.05) is 4.90 Å². The van der Waals surface area contributed by atoms with Gasteiger partial charge in [-0.25, -0.2) is 0 Å². The Morgan fingerprint density at radius 2 is 1.10 bits per heavy atom. The number of fused-ring (bicyclic) bond motifs is 8. The highest BCUT2D eigenvalue weighted by Crippen LogP contribution is 2.63. The van der Waals surface area contributed by atoms with Crippen molar-refractivity contribution in [2.45, 2.75) is 70.6 Å². The van der Waals surface area contributed by atoms with Crippen molar-refractivity contribution in [3.63, 3.8) is 0 Å². The largest absolute Gasteiger partial charge is 0.313 e. The fourth-order valence-corrected chi connectivity index (χ4v) is 10.4. The predicted octanol–water partition coefficient (Wildman–Crippen LogP) is 13.1. The topological polar surface area (TPSA) is 3.24 Å². The fraction of sp³-hybridized carbons (Fsp3) is 0.216. The third-order valence-electron chi connectivity index (χ3n) is 12.8. The van der Waals surface area contributed by atoms with E-state index in [1.807, 2.05) is 6.08 Å². The Morgan fingerprint density at radius 1 is 0.558 bits per heavy atom. The lowest BCUT2D eigenvalue weighted by Crippen LogP contribution is -2.29. The summed E-state index contributed by atoms with van der Waals surface area (Å²) in [6.07, 6.45) is 10.7. The molecule has 0 fully saturated rings. The third-order valence-corrected chi connectivity index (χ3v) is 12.8. The van der Waals surface area contributed by atoms with E-state index in [0.717, 1.165) is 18.4 Å². The molecule has 0 N–H and O–H groups in total. The van der Waals surface area contributed by atoms with E-state index < -0.39 is 0 Å². The lowest BCUT2D eigenvalue weighted by atomic mass is 9.75. The van der Waals surface area contributed by atoms with Crippen LogP contribution in [-0.2, 0) is 16.2 Å². The molecule has 5 aromatic rings. The molecule has 0 amide bonds. The van der Waals surface area contributed by atoms with Gasteiger partial charge in [-0.2, -0.15) is 0 Å². The van der Waals surface area contributed by atoms with Crippen LogP contribution in [0.4, 0.5) is 11.4 Å². The lowest BCUT2D eigenvalue weighted by molar-refractivity contribution is 0.601. The van der Waals surface area contributed by atoms with Crippen LogP contribution in [0.1, 0.15) is 93.3 Å². The molecule has 0 saturated carbocycles. The van der Waals surface area contributed by atoms with Crippen molar-refractivity contribution >= 4 is 22.5 Å². The molecule has 1 nitrogen and oxygen atoms in total. The summed E-state index contributed by atoms with van der Waals surface area (Å²) in [7, 11) is 0. The van der Waals surface area contributed by atoms with Crippen LogP contribution in [-0.4, -0.2) is 0 Å². The van der Waals surface area contributed by atoms with Gasteiger partial charge in [-0.1, -0.05) is 156 Å². The quantitative estimate of drug-likeness (QED) is 0.172. The van der Waals surface area contributed by atoms with E-state index in [-0.39, 0.29) is 16.2 Å². The summed E-state index contributed by atoms with van der Waals surface area (Å²) in [6.45, 7) is 14.6. The van der Waals surface area contributed by atoms with E-state index in [4.69, 9.17) is 0 Å². The third kappa shape index (κ3) is 4.07. The number of hydrogen-bond donors (Lipinski definition) is 0. The van der Waals surface area contributed by atoms with Crippen LogP contribution in [0, 0.1) is 0 Å². The highest BCUT2D eigenvalue weighted by Gasteiger charge is 2.48. The van der Waals surface area contributed by atoms with Crippen LogP contribution in [0.15, 0.2) is 150 Å². The highest BCUT2D eigenvalue weighted by molar-refractivity contribution is 6.01. The zero-order chi connectivity index (χ0) is 35.6. The molecule has 0 radical (unpaired) electrons. The summed E-state index contributed by atoms with van der Waals surface area (Å²) >= 11 is 0. The standard InChI is InChI=1S/C51H43N/c1-49(2)41-24-14-10-21-35(41)38-30-33(28-29-44(38)49)52(45-27-17-13-20-34(45)32-18-8-7-9-19-32)48-46-39(36-22-11-15-25-42(36)50(46,3)4)31-40-37-23-12-16-26-43(37)51(5,6)47(40)48/h7-8,10-18,20-27,30-31H,28-29H2,1-6H3. The Balaban J connectivity index is 1.35. The molecule has 0 aromatic heterocycles. The molecule has 0 spiro atoms. The molecule has 1 heteroatoms. The SMILES string of the molecule is CC1(C)C2=C(C=C(N(c3ccccc3C3=C=C=CC=C3)c3c4c(cc5c3C(C)(C)c3ccccc3-5)-c3ccccc3C4(C)C)CC2)c2ccccc21. The minimum atomic E-state index is -0.220. The molecule has 5 aliphatic carbocycles. The molecule has 10 rings (SSSR count). The number of nitrogens with zero attached hydrogens (tertiary/aromatic N) is 1. The Morgan fingerprint density at radius 3 is 1.69 bits per heavy atom. The number of benzene rings is 5. The summed E-state index contributed by atoms with van der Waals surface area (Å²) in [4.78, 5) is 2.70. The zero-order valence-corrected chi connectivity index (χ0v) is 31.0. The van der Waals surface area contributed by atoms with Gasteiger partial charge in [-0.3, -0.25) is 0 Å². The molecule has 52 heavy (non-hydrogen) atoms. The maximum Gasteiger partial charge on any atom is 0.0552 e. The molecule has 5 aliphatic rings. The van der Waals surface area contributed by atoms with Crippen LogP contribution >= 0.6 is 0 Å². The number of para-hydroxylation sites is 1. The van der Waals surface area contributed by atoms with Crippen molar-refractivity contribution < 1.29 is 0 Å². The summed E-state index contributed by atoms with van der Waals surface area (Å²) in [5.41, 5.74) is 29.2. The first kappa shape index (κ1) is 31.2. The zero-order valence-electron chi connectivity index (χ0n) is 31.0. The van der Waals surface area contributed by atoms with Crippen molar-refractivity contribution in [3.05, 3.63) is 189 Å². The molecule has 252 valence electrons. The van der Waals surface area contributed by atoms with E-state index >= 15 is 0 Å². The first-order valence-electron chi connectivity index (χ1n) is 18.8. The molecule has 5 aromatic carbocycles. The van der Waals surface area contributed by atoms with Gasteiger partial charge in [0.05, 0.1) is 11.4 Å². The van der Waals surface area contributed by atoms with Gasteiger partial charge in [0.15, 0.2) is 0 Å². The minimum Gasteiger partial charge on any atom is -0.313 e. The summed E-state index contributed by atoms with van der Waals surface area (Å²) in [6, 6.07) is 38.8. The first-order valence-corrected chi connectivity index (χ1v) is 18.8. The molecule has 0 saturated heterocycles. The molecular formula is C51H43N. The van der Waals surface area contributed by atoms with Crippen LogP contribution in [0.5, 0.6) is 0 Å². The summed E-state index contributed by atoms with van der Waals surface area (Å²) in [5, 5.41) is 0. The van der Waals surface area contributed by atoms with Gasteiger partial charge < -0.3 is 4.90 Å². The molecule has 0 bridgehead atoms. The normalized spacial score (nSPS) is 18.6. The Hall–Kier alpha value is -5.58. The van der Waals surface area contributed by atoms with E-state index in [1.165, 1.54) is 83.8 Å². The number of rotatable bonds is 4. The van der Waals surface area contributed by atoms with Crippen molar-refractivity contribution in [1.29, 1.82) is 0 Å². The van der Waals surface area contributed by atoms with Gasteiger partial charge in [0.2, 0.25) is 0 Å². The molecule has 0 unspecified atom stereocenters. The molecule has 0 aliphatic heterocycles. The first-order chi connectivity index (χ1) is 25.1. The van der Waals surface area contributed by atoms with E-state index in [0.29, 0.717) is 0 Å². The predicted molar refractivity (Wildman–Crippen MR) is 218 cm³/mol. The second-order valence-corrected chi connectivity index (χ2v) is 16.7. The summed E-state index contributed by atoms with van der Waals surface area (Å²) < 4.78 is 0. The van der Waals surface area contributed by atoms with Crippen LogP contribution in [0.25, 0.3) is 33.4 Å². The van der Waals surface area contributed by atoms with Gasteiger partial charge in [-0.15, -0.1) is 0 Å². The van der Waals surface area contributed by atoms with Gasteiger partial charge in [0, 0.05) is 33.1 Å². The lowest BCUT2D eigenvalue weighted by Gasteiger charge is -2.40. The smallest absolute Gasteiger partial charge is 0.0552 e. The Kier molecular flexibility index (Phi) is 6.43. The summed E-state index contributed by atoms with van der Waals surface area (Å²) in [5.74, 6) is 0. The van der Waals surface area contributed by atoms with E-state index in [9.17, 15) is 0 Å². The second kappa shape index (κ2) is 10.7. The maximum absolute atomic E-state index is 3.48. The van der Waals surface area contributed by atoms with Crippen molar-refractivity contribution in [1.82, 2.24) is 0 Å². The van der Waals surface area contributed by atoms with Crippen LogP contribution in [0.2, 0.25) is 0 Å². The fourth-order valence-electron chi connectivity index (χ4n) is 10.4. The number of hydrogen-bond acceptors (Lipinski definition) is 1. The van der Waals surface area contributed by atoms with Gasteiger partial charge in [-0.05, 0) is 104 Å². The average molecular weight is 670 g/mol. The number of allylic oxidation sites excluding steroid dienone is 8. The second-order valence-electron chi connectivity index (χ2n) is 16.7. The van der Waals surface area contributed by atoms with Crippen LogP contribution in [0.3, 0.4) is 0 Å². The number of anilines is 2. The van der Waals surface area contributed by atoms with Crippen molar-refractivity contribution in [2.24, 2.45) is 0 Å². The van der Waals surface area contributed by atoms with E-state index in [2.05, 4.69) is 179 Å². The minimum absolute atomic E-state index is 0.00797. The molecule has 0 atom stereocenters. The van der Waals surface area contributed by atoms with Gasteiger partial charge in [0.1, 0.15) is 0 Å². The van der Waals surface area contributed by atoms with Gasteiger partial charge in [0.25, 0.3) is 0 Å². The Bertz CT molecular complexity index is 2530. The van der Waals surface area contributed by atoms with Crippen molar-refractivity contribution in [3.8, 4) is 22.3 Å². The highest BCUT2D eigenvalue weighted by atomic mass is 15.2. The monoisotopic (exact) mass is 669 g/mol.